The Kier molecular flexibility index (Phi) is 8.05. The monoisotopic (exact) mass is 418 g/mol. The minimum Gasteiger partial charge on any atom is -0.457 e. The molecular weight excluding hydrogens is 392 g/mol. The second-order valence-electron chi connectivity index (χ2n) is 6.98. The molecule has 6 heteroatoms. The van der Waals surface area contributed by atoms with E-state index >= 15 is 0 Å². The van der Waals surface area contributed by atoms with E-state index in [2.05, 4.69) is 10.6 Å². The molecule has 3 aromatic rings. The Balaban J connectivity index is 1.52. The van der Waals surface area contributed by atoms with Gasteiger partial charge in [-0.1, -0.05) is 61.9 Å². The molecule has 2 amide bonds. The highest BCUT2D eigenvalue weighted by Crippen LogP contribution is 2.22. The molecule has 3 aromatic carbocycles. The van der Waals surface area contributed by atoms with Gasteiger partial charge < -0.3 is 20.1 Å². The van der Waals surface area contributed by atoms with Crippen LogP contribution in [-0.2, 0) is 16.1 Å². The highest BCUT2D eigenvalue weighted by atomic mass is 16.5. The van der Waals surface area contributed by atoms with Crippen molar-refractivity contribution in [2.75, 3.05) is 5.32 Å². The number of amides is 2. The van der Waals surface area contributed by atoms with E-state index in [4.69, 9.17) is 9.47 Å². The molecule has 0 aliphatic carbocycles. The van der Waals surface area contributed by atoms with Crippen LogP contribution in [0.1, 0.15) is 25.3 Å². The van der Waals surface area contributed by atoms with Crippen molar-refractivity contribution >= 4 is 17.7 Å². The molecule has 2 N–H and O–H groups in total. The Bertz CT molecular complexity index is 960. The van der Waals surface area contributed by atoms with Gasteiger partial charge in [0.2, 0.25) is 5.91 Å². The van der Waals surface area contributed by atoms with E-state index in [-0.39, 0.29) is 12.5 Å². The van der Waals surface area contributed by atoms with Crippen molar-refractivity contribution < 1.29 is 19.1 Å². The van der Waals surface area contributed by atoms with Crippen molar-refractivity contribution in [3.8, 4) is 11.5 Å². The zero-order chi connectivity index (χ0) is 21.9. The van der Waals surface area contributed by atoms with E-state index in [1.54, 1.807) is 24.3 Å². The van der Waals surface area contributed by atoms with Gasteiger partial charge in [0.1, 0.15) is 24.1 Å². The van der Waals surface area contributed by atoms with E-state index < -0.39 is 12.1 Å². The average molecular weight is 418 g/mol. The van der Waals surface area contributed by atoms with Crippen LogP contribution in [0.5, 0.6) is 11.5 Å². The van der Waals surface area contributed by atoms with Gasteiger partial charge in [-0.2, -0.15) is 0 Å². The molecule has 160 valence electrons. The van der Waals surface area contributed by atoms with Crippen LogP contribution in [0.3, 0.4) is 0 Å². The third kappa shape index (κ3) is 7.19. The maximum Gasteiger partial charge on any atom is 0.408 e. The molecule has 0 saturated heterocycles. The van der Waals surface area contributed by atoms with Crippen LogP contribution < -0.4 is 15.4 Å². The number of benzene rings is 3. The number of rotatable bonds is 9. The summed E-state index contributed by atoms with van der Waals surface area (Å²) in [6.07, 6.45) is 0.617. The van der Waals surface area contributed by atoms with Crippen LogP contribution in [-0.4, -0.2) is 18.0 Å². The molecule has 1 unspecified atom stereocenters. The second kappa shape index (κ2) is 11.4. The van der Waals surface area contributed by atoms with Crippen LogP contribution in [0.25, 0.3) is 0 Å². The van der Waals surface area contributed by atoms with Crippen molar-refractivity contribution in [3.05, 3.63) is 90.5 Å². The normalized spacial score (nSPS) is 11.3. The summed E-state index contributed by atoms with van der Waals surface area (Å²) in [6.45, 7) is 2.10. The molecule has 31 heavy (non-hydrogen) atoms. The van der Waals surface area contributed by atoms with E-state index in [1.165, 1.54) is 0 Å². The van der Waals surface area contributed by atoms with Crippen LogP contribution >= 0.6 is 0 Å². The van der Waals surface area contributed by atoms with Gasteiger partial charge in [-0.05, 0) is 48.4 Å². The summed E-state index contributed by atoms with van der Waals surface area (Å²) in [4.78, 5) is 24.8. The lowest BCUT2D eigenvalue weighted by molar-refractivity contribution is -0.118. The zero-order valence-electron chi connectivity index (χ0n) is 17.4. The number of para-hydroxylation sites is 1. The Morgan fingerprint density at radius 2 is 1.45 bits per heavy atom. The fourth-order valence-corrected chi connectivity index (χ4v) is 2.92. The standard InChI is InChI=1S/C25H26N2O4/c1-2-9-23(27-25(29)30-18-19-10-5-3-6-11-19)24(28)26-20-14-16-22(17-15-20)31-21-12-7-4-8-13-21/h3-8,10-17,23H,2,9,18H2,1H3,(H,26,28)(H,27,29). The predicted molar refractivity (Wildman–Crippen MR) is 120 cm³/mol. The number of alkyl carbamates (subject to hydrolysis) is 1. The van der Waals surface area contributed by atoms with Gasteiger partial charge >= 0.3 is 6.09 Å². The molecule has 3 rings (SSSR count). The lowest BCUT2D eigenvalue weighted by Crippen LogP contribution is -2.43. The maximum absolute atomic E-state index is 12.7. The molecule has 0 aliphatic heterocycles. The highest BCUT2D eigenvalue weighted by Gasteiger charge is 2.21. The lowest BCUT2D eigenvalue weighted by Gasteiger charge is -2.18. The fourth-order valence-electron chi connectivity index (χ4n) is 2.92. The number of nitrogens with one attached hydrogen (secondary N) is 2. The quantitative estimate of drug-likeness (QED) is 0.480. The van der Waals surface area contributed by atoms with Crippen LogP contribution in [0.2, 0.25) is 0 Å². The first-order chi connectivity index (χ1) is 15.1. The minimum absolute atomic E-state index is 0.149. The zero-order valence-corrected chi connectivity index (χ0v) is 17.4. The summed E-state index contributed by atoms with van der Waals surface area (Å²) < 4.78 is 11.0. The lowest BCUT2D eigenvalue weighted by atomic mass is 10.1. The molecule has 0 heterocycles. The summed E-state index contributed by atoms with van der Waals surface area (Å²) in [6, 6.07) is 25.2. The van der Waals surface area contributed by atoms with Crippen molar-refractivity contribution in [2.24, 2.45) is 0 Å². The second-order valence-corrected chi connectivity index (χ2v) is 6.98. The number of carbonyl (C=O) groups is 2. The fraction of sp³-hybridized carbons (Fsp3) is 0.200. The van der Waals surface area contributed by atoms with Gasteiger partial charge in [0, 0.05) is 5.69 Å². The smallest absolute Gasteiger partial charge is 0.408 e. The first kappa shape index (κ1) is 21.9. The molecular formula is C25H26N2O4. The van der Waals surface area contributed by atoms with Gasteiger partial charge in [-0.25, -0.2) is 4.79 Å². The van der Waals surface area contributed by atoms with E-state index in [1.807, 2.05) is 67.6 Å². The molecule has 0 fully saturated rings. The van der Waals surface area contributed by atoms with Gasteiger partial charge in [0.25, 0.3) is 0 Å². The summed E-state index contributed by atoms with van der Waals surface area (Å²) >= 11 is 0. The third-order valence-corrected chi connectivity index (χ3v) is 4.50. The molecule has 0 spiro atoms. The SMILES string of the molecule is CCCC(NC(=O)OCc1ccccc1)C(=O)Nc1ccc(Oc2ccccc2)cc1. The van der Waals surface area contributed by atoms with E-state index in [9.17, 15) is 9.59 Å². The minimum atomic E-state index is -0.687. The summed E-state index contributed by atoms with van der Waals surface area (Å²) in [5.41, 5.74) is 1.50. The topological polar surface area (TPSA) is 76.7 Å². The summed E-state index contributed by atoms with van der Waals surface area (Å²) in [7, 11) is 0. The van der Waals surface area contributed by atoms with Gasteiger partial charge in [-0.3, -0.25) is 4.79 Å². The Morgan fingerprint density at radius 3 is 2.10 bits per heavy atom. The van der Waals surface area contributed by atoms with E-state index in [0.29, 0.717) is 17.9 Å². The maximum atomic E-state index is 12.7. The van der Waals surface area contributed by atoms with Crippen LogP contribution in [0.4, 0.5) is 10.5 Å². The van der Waals surface area contributed by atoms with Crippen molar-refractivity contribution in [2.45, 2.75) is 32.4 Å². The molecule has 0 saturated carbocycles. The number of hydrogen-bond donors (Lipinski definition) is 2. The molecule has 0 radical (unpaired) electrons. The number of hydrogen-bond acceptors (Lipinski definition) is 4. The molecule has 1 atom stereocenters. The van der Waals surface area contributed by atoms with Crippen molar-refractivity contribution in [3.63, 3.8) is 0 Å². The van der Waals surface area contributed by atoms with Crippen molar-refractivity contribution in [1.82, 2.24) is 5.32 Å². The Hall–Kier alpha value is -3.80. The Labute approximate surface area is 182 Å². The summed E-state index contributed by atoms with van der Waals surface area (Å²) in [5.74, 6) is 1.10. The molecule has 0 aliphatic rings. The van der Waals surface area contributed by atoms with Gasteiger partial charge in [0.15, 0.2) is 0 Å². The van der Waals surface area contributed by atoms with E-state index in [0.717, 1.165) is 17.7 Å². The Morgan fingerprint density at radius 1 is 0.839 bits per heavy atom. The predicted octanol–water partition coefficient (Wildman–Crippen LogP) is 5.51. The summed E-state index contributed by atoms with van der Waals surface area (Å²) in [5, 5.41) is 5.49. The van der Waals surface area contributed by atoms with Gasteiger partial charge in [-0.15, -0.1) is 0 Å². The molecule has 0 aromatic heterocycles. The first-order valence-electron chi connectivity index (χ1n) is 10.2. The molecule has 6 nitrogen and oxygen atoms in total. The highest BCUT2D eigenvalue weighted by molar-refractivity contribution is 5.96. The number of ether oxygens (including phenoxy) is 2. The van der Waals surface area contributed by atoms with Crippen molar-refractivity contribution in [1.29, 1.82) is 0 Å². The third-order valence-electron chi connectivity index (χ3n) is 4.50. The average Bonchev–Trinajstić information content (AvgIpc) is 2.80. The molecule has 0 bridgehead atoms. The van der Waals surface area contributed by atoms with Crippen LogP contribution in [0.15, 0.2) is 84.9 Å². The number of carbonyl (C=O) groups excluding carboxylic acids is 2. The number of anilines is 1. The first-order valence-corrected chi connectivity index (χ1v) is 10.2. The van der Waals surface area contributed by atoms with Gasteiger partial charge in [0.05, 0.1) is 0 Å². The largest absolute Gasteiger partial charge is 0.457 e. The van der Waals surface area contributed by atoms with Crippen LogP contribution in [0, 0.1) is 0 Å².